The minimum Gasteiger partial charge on any atom is -0.457 e. The number of aryl methyl sites for hydroxylation is 1. The Balaban J connectivity index is 1.54. The molecule has 0 aliphatic carbocycles. The zero-order valence-electron chi connectivity index (χ0n) is 15.7. The molecule has 0 saturated heterocycles. The van der Waals surface area contributed by atoms with E-state index in [1.165, 1.54) is 22.5 Å². The Hall–Kier alpha value is -2.41. The Labute approximate surface area is 174 Å². The zero-order valence-corrected chi connectivity index (χ0v) is 17.3. The van der Waals surface area contributed by atoms with Crippen LogP contribution in [0.3, 0.4) is 0 Å². The molecule has 0 aromatic heterocycles. The standard InChI is InChI=1S/C22H19ClFNO3S/c1-15-2-11-22(24)21-14-25(13-12-20(15)21)29(26,27)19-9-7-18(8-10-19)28-17-5-3-16(23)4-6-17/h2-11H,12-14H2,1H3. The fraction of sp³-hybridized carbons (Fsp3) is 0.182. The molecule has 0 saturated carbocycles. The van der Waals surface area contributed by atoms with E-state index in [2.05, 4.69) is 0 Å². The number of nitrogens with zero attached hydrogens (tertiary/aromatic N) is 1. The number of fused-ring (bicyclic) bond motifs is 1. The van der Waals surface area contributed by atoms with Gasteiger partial charge in [0.25, 0.3) is 0 Å². The van der Waals surface area contributed by atoms with Gasteiger partial charge in [-0.15, -0.1) is 0 Å². The lowest BCUT2D eigenvalue weighted by atomic mass is 9.96. The summed E-state index contributed by atoms with van der Waals surface area (Å²) < 4.78 is 47.4. The van der Waals surface area contributed by atoms with Crippen LogP contribution < -0.4 is 4.74 Å². The quantitative estimate of drug-likeness (QED) is 0.561. The molecule has 0 spiro atoms. The van der Waals surface area contributed by atoms with Gasteiger partial charge in [-0.2, -0.15) is 4.31 Å². The number of halogens is 2. The molecule has 4 rings (SSSR count). The van der Waals surface area contributed by atoms with E-state index in [-0.39, 0.29) is 17.3 Å². The monoisotopic (exact) mass is 431 g/mol. The topological polar surface area (TPSA) is 46.6 Å². The molecule has 0 unspecified atom stereocenters. The fourth-order valence-electron chi connectivity index (χ4n) is 3.47. The average molecular weight is 432 g/mol. The molecule has 29 heavy (non-hydrogen) atoms. The summed E-state index contributed by atoms with van der Waals surface area (Å²) in [5, 5.41) is 0.605. The Morgan fingerprint density at radius 2 is 1.55 bits per heavy atom. The number of rotatable bonds is 4. The van der Waals surface area contributed by atoms with Crippen LogP contribution in [0.5, 0.6) is 11.5 Å². The lowest BCUT2D eigenvalue weighted by Crippen LogP contribution is -2.36. The minimum absolute atomic E-state index is 0.0359. The SMILES string of the molecule is Cc1ccc(F)c2c1CCN(S(=O)(=O)c1ccc(Oc3ccc(Cl)cc3)cc1)C2. The van der Waals surface area contributed by atoms with E-state index in [4.69, 9.17) is 16.3 Å². The molecule has 0 N–H and O–H groups in total. The molecular formula is C22H19ClFNO3S. The summed E-state index contributed by atoms with van der Waals surface area (Å²) in [6.07, 6.45) is 0.496. The number of benzene rings is 3. The van der Waals surface area contributed by atoms with E-state index < -0.39 is 10.0 Å². The first kappa shape index (κ1) is 19.9. The van der Waals surface area contributed by atoms with E-state index in [0.717, 1.165) is 11.1 Å². The lowest BCUT2D eigenvalue weighted by Gasteiger charge is -2.29. The van der Waals surface area contributed by atoms with Crippen molar-refractivity contribution in [1.29, 1.82) is 0 Å². The number of hydrogen-bond acceptors (Lipinski definition) is 3. The largest absolute Gasteiger partial charge is 0.457 e. The molecular weight excluding hydrogens is 413 g/mol. The molecule has 1 aliphatic rings. The predicted octanol–water partition coefficient (Wildman–Crippen LogP) is 5.33. The van der Waals surface area contributed by atoms with Gasteiger partial charge in [-0.05, 0) is 79.1 Å². The van der Waals surface area contributed by atoms with E-state index in [1.54, 1.807) is 42.5 Å². The van der Waals surface area contributed by atoms with Gasteiger partial charge in [0.15, 0.2) is 0 Å². The van der Waals surface area contributed by atoms with Gasteiger partial charge in [-0.3, -0.25) is 0 Å². The van der Waals surface area contributed by atoms with Crippen LogP contribution in [0.1, 0.15) is 16.7 Å². The van der Waals surface area contributed by atoms with Crippen molar-refractivity contribution in [1.82, 2.24) is 4.31 Å². The van der Waals surface area contributed by atoms with E-state index >= 15 is 0 Å². The van der Waals surface area contributed by atoms with Gasteiger partial charge in [-0.25, -0.2) is 12.8 Å². The van der Waals surface area contributed by atoms with Crippen LogP contribution in [0.25, 0.3) is 0 Å². The highest BCUT2D eigenvalue weighted by atomic mass is 35.5. The first-order chi connectivity index (χ1) is 13.8. The Bertz CT molecular complexity index is 1150. The van der Waals surface area contributed by atoms with Gasteiger partial charge in [-0.1, -0.05) is 17.7 Å². The van der Waals surface area contributed by atoms with Crippen LogP contribution in [0.4, 0.5) is 4.39 Å². The summed E-state index contributed by atoms with van der Waals surface area (Å²) >= 11 is 5.86. The summed E-state index contributed by atoms with van der Waals surface area (Å²) in [5.74, 6) is 0.748. The Kier molecular flexibility index (Phi) is 5.34. The van der Waals surface area contributed by atoms with Crippen molar-refractivity contribution in [2.24, 2.45) is 0 Å². The van der Waals surface area contributed by atoms with Crippen molar-refractivity contribution in [3.05, 3.63) is 88.2 Å². The zero-order chi connectivity index (χ0) is 20.6. The van der Waals surface area contributed by atoms with Crippen molar-refractivity contribution in [3.63, 3.8) is 0 Å². The summed E-state index contributed by atoms with van der Waals surface area (Å²) in [6, 6.07) is 16.2. The Morgan fingerprint density at radius 3 is 2.21 bits per heavy atom. The van der Waals surface area contributed by atoms with Crippen LogP contribution in [0, 0.1) is 12.7 Å². The average Bonchev–Trinajstić information content (AvgIpc) is 2.73. The molecule has 1 heterocycles. The summed E-state index contributed by atoms with van der Waals surface area (Å²) in [7, 11) is -3.74. The van der Waals surface area contributed by atoms with Crippen LogP contribution in [0.2, 0.25) is 5.02 Å². The third-order valence-corrected chi connectivity index (χ3v) is 7.18. The summed E-state index contributed by atoms with van der Waals surface area (Å²) in [4.78, 5) is 0.150. The van der Waals surface area contributed by atoms with Crippen LogP contribution in [-0.2, 0) is 23.0 Å². The smallest absolute Gasteiger partial charge is 0.243 e. The number of hydrogen-bond donors (Lipinski definition) is 0. The van der Waals surface area contributed by atoms with Gasteiger partial charge >= 0.3 is 0 Å². The van der Waals surface area contributed by atoms with Gasteiger partial charge < -0.3 is 4.74 Å². The normalized spacial score (nSPS) is 14.4. The third-order valence-electron chi connectivity index (χ3n) is 5.06. The molecule has 0 amide bonds. The van der Waals surface area contributed by atoms with E-state index in [9.17, 15) is 12.8 Å². The molecule has 7 heteroatoms. The first-order valence-electron chi connectivity index (χ1n) is 9.15. The van der Waals surface area contributed by atoms with Crippen LogP contribution >= 0.6 is 11.6 Å². The summed E-state index contributed by atoms with van der Waals surface area (Å²) in [5.41, 5.74) is 2.35. The highest BCUT2D eigenvalue weighted by molar-refractivity contribution is 7.89. The maximum absolute atomic E-state index is 14.3. The molecule has 3 aromatic rings. The molecule has 0 radical (unpaired) electrons. The fourth-order valence-corrected chi connectivity index (χ4v) is 5.00. The Morgan fingerprint density at radius 1 is 0.931 bits per heavy atom. The molecule has 150 valence electrons. The van der Waals surface area contributed by atoms with Crippen molar-refractivity contribution >= 4 is 21.6 Å². The molecule has 0 atom stereocenters. The maximum Gasteiger partial charge on any atom is 0.243 e. The van der Waals surface area contributed by atoms with Gasteiger partial charge in [0.1, 0.15) is 17.3 Å². The highest BCUT2D eigenvalue weighted by Gasteiger charge is 2.30. The minimum atomic E-state index is -3.74. The molecule has 3 aromatic carbocycles. The molecule has 0 fully saturated rings. The van der Waals surface area contributed by atoms with E-state index in [0.29, 0.717) is 35.1 Å². The summed E-state index contributed by atoms with van der Waals surface area (Å²) in [6.45, 7) is 2.28. The van der Waals surface area contributed by atoms with E-state index in [1.807, 2.05) is 6.92 Å². The third kappa shape index (κ3) is 4.01. The second kappa shape index (κ2) is 7.78. The van der Waals surface area contributed by atoms with Crippen molar-refractivity contribution in [2.75, 3.05) is 6.54 Å². The lowest BCUT2D eigenvalue weighted by molar-refractivity contribution is 0.381. The van der Waals surface area contributed by atoms with Gasteiger partial charge in [0.05, 0.1) is 4.90 Å². The van der Waals surface area contributed by atoms with Crippen LogP contribution in [0.15, 0.2) is 65.6 Å². The molecule has 4 nitrogen and oxygen atoms in total. The van der Waals surface area contributed by atoms with Gasteiger partial charge in [0, 0.05) is 23.7 Å². The van der Waals surface area contributed by atoms with Gasteiger partial charge in [0.2, 0.25) is 10.0 Å². The van der Waals surface area contributed by atoms with Crippen molar-refractivity contribution in [2.45, 2.75) is 24.8 Å². The second-order valence-electron chi connectivity index (χ2n) is 6.94. The predicted molar refractivity (Wildman–Crippen MR) is 110 cm³/mol. The van der Waals surface area contributed by atoms with Crippen molar-refractivity contribution in [3.8, 4) is 11.5 Å². The highest BCUT2D eigenvalue weighted by Crippen LogP contribution is 2.30. The second-order valence-corrected chi connectivity index (χ2v) is 9.31. The first-order valence-corrected chi connectivity index (χ1v) is 11.0. The molecule has 0 bridgehead atoms. The molecule has 1 aliphatic heterocycles. The maximum atomic E-state index is 14.3. The number of ether oxygens (including phenoxy) is 1. The van der Waals surface area contributed by atoms with Crippen molar-refractivity contribution < 1.29 is 17.5 Å². The van der Waals surface area contributed by atoms with Crippen LogP contribution in [-0.4, -0.2) is 19.3 Å². The number of sulfonamides is 1.